The lowest BCUT2D eigenvalue weighted by atomic mass is 9.31. The number of aryl methyl sites for hydroxylation is 6. The summed E-state index contributed by atoms with van der Waals surface area (Å²) < 4.78 is 5.25. The molecule has 0 atom stereocenters. The lowest BCUT2D eigenvalue weighted by Crippen LogP contribution is -2.60. The minimum atomic E-state index is 0.0721. The molecule has 2 nitrogen and oxygen atoms in total. The van der Waals surface area contributed by atoms with Crippen molar-refractivity contribution in [1.82, 2.24) is 9.13 Å². The highest BCUT2D eigenvalue weighted by molar-refractivity contribution is 7.03. The van der Waals surface area contributed by atoms with Crippen molar-refractivity contribution in [3.05, 3.63) is 155 Å². The van der Waals surface area contributed by atoms with Crippen LogP contribution in [0.15, 0.2) is 121 Å². The number of para-hydroxylation sites is 4. The van der Waals surface area contributed by atoms with Crippen LogP contribution in [0.2, 0.25) is 0 Å². The zero-order chi connectivity index (χ0) is 35.2. The summed E-state index contributed by atoms with van der Waals surface area (Å²) in [5.74, 6) is 0. The van der Waals surface area contributed by atoms with Crippen LogP contribution in [0.3, 0.4) is 0 Å². The van der Waals surface area contributed by atoms with E-state index in [0.29, 0.717) is 0 Å². The van der Waals surface area contributed by atoms with Crippen LogP contribution in [0, 0.1) is 41.5 Å². The SMILES string of the molecule is Cc1cc(C)c(B2c3ccccc3-n3c4ccccc4c4c5c6c(c2c43)c2ccccc2n6-c2ccccc2B5c2c(C)cc(C)cc2C)c(C)c1. The van der Waals surface area contributed by atoms with Crippen LogP contribution >= 0.6 is 0 Å². The molecule has 0 bridgehead atoms. The molecular formula is C48H38B2N2. The first-order valence-corrected chi connectivity index (χ1v) is 18.7. The fraction of sp³-hybridized carbons (Fsp3) is 0.125. The standard InChI is InChI=1S/C48H38B2N2/c1-27-23-29(3)43(30(4)24-27)49-35-17-9-13-21-39(35)51-38-20-12-8-16-34(38)42-46-48-41(45(49)47(42)51)33-15-7-11-19-37(33)52(48)40-22-14-10-18-36(40)50(46)44-31(5)25-28(2)26-32(44)6/h7-26H,1-6H3. The molecule has 52 heavy (non-hydrogen) atoms. The molecule has 2 aliphatic rings. The maximum atomic E-state index is 2.62. The molecule has 0 aliphatic carbocycles. The van der Waals surface area contributed by atoms with Gasteiger partial charge in [-0.1, -0.05) is 141 Å². The minimum Gasteiger partial charge on any atom is -0.310 e. The molecule has 0 N–H and O–H groups in total. The van der Waals surface area contributed by atoms with E-state index < -0.39 is 0 Å². The molecule has 246 valence electrons. The van der Waals surface area contributed by atoms with Crippen molar-refractivity contribution in [1.29, 1.82) is 0 Å². The highest BCUT2D eigenvalue weighted by Crippen LogP contribution is 2.41. The Labute approximate surface area is 305 Å². The summed E-state index contributed by atoms with van der Waals surface area (Å²) in [5.41, 5.74) is 24.4. The van der Waals surface area contributed by atoms with Crippen LogP contribution in [0.1, 0.15) is 33.4 Å². The van der Waals surface area contributed by atoms with Crippen molar-refractivity contribution >= 4 is 89.8 Å². The summed E-state index contributed by atoms with van der Waals surface area (Å²) in [6.45, 7) is 13.9. The van der Waals surface area contributed by atoms with E-state index in [1.54, 1.807) is 0 Å². The van der Waals surface area contributed by atoms with Crippen molar-refractivity contribution in [2.24, 2.45) is 0 Å². The van der Waals surface area contributed by atoms with E-state index in [2.05, 4.69) is 172 Å². The molecule has 2 aliphatic heterocycles. The van der Waals surface area contributed by atoms with Crippen molar-refractivity contribution in [3.8, 4) is 11.4 Å². The van der Waals surface area contributed by atoms with Gasteiger partial charge in [0.25, 0.3) is 0 Å². The van der Waals surface area contributed by atoms with E-state index in [9.17, 15) is 0 Å². The second kappa shape index (κ2) is 10.4. The van der Waals surface area contributed by atoms with Gasteiger partial charge in [-0.05, 0) is 87.7 Å². The fourth-order valence-corrected chi connectivity index (χ4v) is 10.9. The van der Waals surface area contributed by atoms with Gasteiger partial charge in [0.2, 0.25) is 13.4 Å². The Kier molecular flexibility index (Phi) is 6.00. The van der Waals surface area contributed by atoms with Crippen LogP contribution in [0.25, 0.3) is 55.0 Å². The molecule has 0 saturated heterocycles. The van der Waals surface area contributed by atoms with E-state index in [0.717, 1.165) is 0 Å². The number of fused-ring (bicyclic) bond motifs is 12. The van der Waals surface area contributed by atoms with E-state index >= 15 is 0 Å². The van der Waals surface area contributed by atoms with Gasteiger partial charge in [-0.15, -0.1) is 0 Å². The maximum absolute atomic E-state index is 2.62. The van der Waals surface area contributed by atoms with E-state index in [-0.39, 0.29) is 13.4 Å². The van der Waals surface area contributed by atoms with Gasteiger partial charge in [-0.2, -0.15) is 0 Å². The summed E-state index contributed by atoms with van der Waals surface area (Å²) >= 11 is 0. The van der Waals surface area contributed by atoms with Crippen molar-refractivity contribution < 1.29 is 0 Å². The average molecular weight is 664 g/mol. The first kappa shape index (κ1) is 29.9. The molecule has 0 saturated carbocycles. The van der Waals surface area contributed by atoms with Gasteiger partial charge in [0.15, 0.2) is 0 Å². The molecule has 0 fully saturated rings. The predicted octanol–water partition coefficient (Wildman–Crippen LogP) is 7.39. The van der Waals surface area contributed by atoms with Gasteiger partial charge in [0, 0.05) is 44.0 Å². The number of benzene rings is 7. The Bertz CT molecular complexity index is 2800. The summed E-state index contributed by atoms with van der Waals surface area (Å²) in [5, 5.41) is 5.44. The smallest absolute Gasteiger partial charge is 0.248 e. The van der Waals surface area contributed by atoms with E-state index in [1.807, 2.05) is 0 Å². The van der Waals surface area contributed by atoms with Crippen molar-refractivity contribution in [2.45, 2.75) is 41.5 Å². The molecule has 0 radical (unpaired) electrons. The van der Waals surface area contributed by atoms with Gasteiger partial charge >= 0.3 is 0 Å². The second-order valence-corrected chi connectivity index (χ2v) is 15.6. The fourth-order valence-electron chi connectivity index (χ4n) is 10.9. The Morgan fingerprint density at radius 3 is 1.13 bits per heavy atom. The van der Waals surface area contributed by atoms with Crippen LogP contribution in [-0.4, -0.2) is 22.6 Å². The quantitative estimate of drug-likeness (QED) is 0.171. The summed E-state index contributed by atoms with van der Waals surface area (Å²) in [6.07, 6.45) is 0. The molecule has 0 spiro atoms. The number of hydrogen-bond acceptors (Lipinski definition) is 0. The van der Waals surface area contributed by atoms with Crippen LogP contribution in [0.4, 0.5) is 0 Å². The predicted molar refractivity (Wildman–Crippen MR) is 226 cm³/mol. The second-order valence-electron chi connectivity index (χ2n) is 15.6. The summed E-state index contributed by atoms with van der Waals surface area (Å²) in [6, 6.07) is 46.3. The summed E-state index contributed by atoms with van der Waals surface area (Å²) in [4.78, 5) is 0. The van der Waals surface area contributed by atoms with Gasteiger partial charge in [-0.25, -0.2) is 0 Å². The van der Waals surface area contributed by atoms with Crippen molar-refractivity contribution in [3.63, 3.8) is 0 Å². The van der Waals surface area contributed by atoms with E-state index in [4.69, 9.17) is 0 Å². The van der Waals surface area contributed by atoms with Gasteiger partial charge in [0.1, 0.15) is 0 Å². The molecule has 2 aromatic heterocycles. The monoisotopic (exact) mass is 664 g/mol. The first-order chi connectivity index (χ1) is 25.3. The average Bonchev–Trinajstić information content (AvgIpc) is 3.66. The Morgan fingerprint density at radius 1 is 0.385 bits per heavy atom. The molecule has 11 rings (SSSR count). The lowest BCUT2D eigenvalue weighted by molar-refractivity contribution is 1.18. The number of nitrogens with zero attached hydrogens (tertiary/aromatic N) is 2. The molecule has 4 heterocycles. The molecular weight excluding hydrogens is 626 g/mol. The Hall–Kier alpha value is -5.73. The normalized spacial score (nSPS) is 13.1. The van der Waals surface area contributed by atoms with Crippen LogP contribution in [-0.2, 0) is 0 Å². The number of rotatable bonds is 2. The van der Waals surface area contributed by atoms with E-state index in [1.165, 1.54) is 121 Å². The highest BCUT2D eigenvalue weighted by atomic mass is 15.0. The lowest BCUT2D eigenvalue weighted by Gasteiger charge is -2.33. The topological polar surface area (TPSA) is 9.86 Å². The molecule has 9 aromatic rings. The van der Waals surface area contributed by atoms with Crippen molar-refractivity contribution in [2.75, 3.05) is 0 Å². The molecule has 7 aromatic carbocycles. The highest BCUT2D eigenvalue weighted by Gasteiger charge is 2.43. The zero-order valence-corrected chi connectivity index (χ0v) is 30.6. The zero-order valence-electron chi connectivity index (χ0n) is 30.6. The number of aromatic nitrogens is 2. The maximum Gasteiger partial charge on any atom is 0.248 e. The minimum absolute atomic E-state index is 0.0721. The third-order valence-electron chi connectivity index (χ3n) is 12.4. The first-order valence-electron chi connectivity index (χ1n) is 18.7. The summed E-state index contributed by atoms with van der Waals surface area (Å²) in [7, 11) is 0. The largest absolute Gasteiger partial charge is 0.310 e. The van der Waals surface area contributed by atoms with Gasteiger partial charge in [0.05, 0.1) is 11.0 Å². The number of hydrogen-bond donors (Lipinski definition) is 0. The van der Waals surface area contributed by atoms with Gasteiger partial charge < -0.3 is 9.13 Å². The molecule has 0 amide bonds. The Balaban J connectivity index is 1.48. The van der Waals surface area contributed by atoms with Crippen LogP contribution < -0.4 is 32.8 Å². The van der Waals surface area contributed by atoms with Gasteiger partial charge in [-0.3, -0.25) is 0 Å². The molecule has 4 heteroatoms. The molecule has 0 unspecified atom stereocenters. The third kappa shape index (κ3) is 3.67. The van der Waals surface area contributed by atoms with Crippen LogP contribution in [0.5, 0.6) is 0 Å². The third-order valence-corrected chi connectivity index (χ3v) is 12.4. The Morgan fingerprint density at radius 2 is 0.731 bits per heavy atom.